The summed E-state index contributed by atoms with van der Waals surface area (Å²) in [5.74, 6) is 0.242. The van der Waals surface area contributed by atoms with Gasteiger partial charge in [0, 0.05) is 11.9 Å². The predicted octanol–water partition coefficient (Wildman–Crippen LogP) is 2.34. The molecular formula is C15H17NO3. The molecule has 2 aromatic rings. The van der Waals surface area contributed by atoms with Crippen LogP contribution in [0.5, 0.6) is 0 Å². The fourth-order valence-corrected chi connectivity index (χ4v) is 2.68. The van der Waals surface area contributed by atoms with Crippen LogP contribution >= 0.6 is 0 Å². The Hall–Kier alpha value is -1.81. The van der Waals surface area contributed by atoms with Crippen molar-refractivity contribution in [2.24, 2.45) is 0 Å². The molecule has 1 aliphatic rings. The maximum absolute atomic E-state index is 12.4. The van der Waals surface area contributed by atoms with Crippen molar-refractivity contribution in [2.45, 2.75) is 25.8 Å². The van der Waals surface area contributed by atoms with E-state index in [9.17, 15) is 9.90 Å². The molecular weight excluding hydrogens is 242 g/mol. The van der Waals surface area contributed by atoms with Crippen molar-refractivity contribution < 1.29 is 14.3 Å². The Morgan fingerprint density at radius 3 is 3.11 bits per heavy atom. The quantitative estimate of drug-likeness (QED) is 0.900. The molecule has 19 heavy (non-hydrogen) atoms. The van der Waals surface area contributed by atoms with Gasteiger partial charge in [-0.15, -0.1) is 0 Å². The number of furan rings is 1. The first-order valence-electron chi connectivity index (χ1n) is 6.61. The Balaban J connectivity index is 1.93. The predicted molar refractivity (Wildman–Crippen MR) is 72.1 cm³/mol. The molecule has 1 unspecified atom stereocenters. The number of carbonyl (C=O) groups is 1. The molecule has 1 aliphatic heterocycles. The third-order valence-electron chi connectivity index (χ3n) is 3.74. The van der Waals surface area contributed by atoms with Gasteiger partial charge in [0.2, 0.25) is 0 Å². The Kier molecular flexibility index (Phi) is 3.03. The van der Waals surface area contributed by atoms with Gasteiger partial charge >= 0.3 is 0 Å². The Bertz CT molecular complexity index is 617. The maximum Gasteiger partial charge on any atom is 0.289 e. The van der Waals surface area contributed by atoms with Crippen LogP contribution in [0.25, 0.3) is 11.0 Å². The van der Waals surface area contributed by atoms with Crippen LogP contribution in [0.15, 0.2) is 28.7 Å². The summed E-state index contributed by atoms with van der Waals surface area (Å²) >= 11 is 0. The summed E-state index contributed by atoms with van der Waals surface area (Å²) in [5.41, 5.74) is 1.85. The highest BCUT2D eigenvalue weighted by Gasteiger charge is 2.30. The number of rotatable bonds is 2. The lowest BCUT2D eigenvalue weighted by Gasteiger charge is -2.21. The number of aryl methyl sites for hydroxylation is 1. The summed E-state index contributed by atoms with van der Waals surface area (Å²) in [7, 11) is 0. The van der Waals surface area contributed by atoms with Crippen LogP contribution in [0.4, 0.5) is 0 Å². The monoisotopic (exact) mass is 259 g/mol. The summed E-state index contributed by atoms with van der Waals surface area (Å²) in [5, 5.41) is 10.2. The van der Waals surface area contributed by atoms with E-state index in [0.29, 0.717) is 12.3 Å². The van der Waals surface area contributed by atoms with E-state index in [4.69, 9.17) is 4.42 Å². The van der Waals surface area contributed by atoms with Gasteiger partial charge in [-0.05, 0) is 37.5 Å². The molecule has 1 amide bonds. The molecule has 0 aliphatic carbocycles. The van der Waals surface area contributed by atoms with Crippen molar-refractivity contribution in [3.63, 3.8) is 0 Å². The largest absolute Gasteiger partial charge is 0.451 e. The van der Waals surface area contributed by atoms with Gasteiger partial charge in [-0.25, -0.2) is 0 Å². The number of benzene rings is 1. The summed E-state index contributed by atoms with van der Waals surface area (Å²) in [6.07, 6.45) is 1.80. The highest BCUT2D eigenvalue weighted by molar-refractivity contribution is 5.96. The van der Waals surface area contributed by atoms with Crippen LogP contribution in [0.3, 0.4) is 0 Å². The highest BCUT2D eigenvalue weighted by atomic mass is 16.3. The molecule has 1 atom stereocenters. The molecule has 0 saturated carbocycles. The molecule has 2 heterocycles. The van der Waals surface area contributed by atoms with Crippen LogP contribution in [-0.4, -0.2) is 35.1 Å². The second-order valence-electron chi connectivity index (χ2n) is 5.13. The summed E-state index contributed by atoms with van der Waals surface area (Å²) < 4.78 is 5.64. The van der Waals surface area contributed by atoms with E-state index in [1.165, 1.54) is 0 Å². The number of fused-ring (bicyclic) bond motifs is 1. The number of aliphatic hydroxyl groups is 1. The topological polar surface area (TPSA) is 53.7 Å². The molecule has 1 saturated heterocycles. The lowest BCUT2D eigenvalue weighted by atomic mass is 10.2. The van der Waals surface area contributed by atoms with Crippen LogP contribution < -0.4 is 0 Å². The molecule has 4 heteroatoms. The van der Waals surface area contributed by atoms with E-state index in [1.807, 2.05) is 25.1 Å². The fraction of sp³-hybridized carbons (Fsp3) is 0.400. The Morgan fingerprint density at radius 1 is 1.47 bits per heavy atom. The Labute approximate surface area is 111 Å². The van der Waals surface area contributed by atoms with Crippen molar-refractivity contribution in [2.75, 3.05) is 13.2 Å². The van der Waals surface area contributed by atoms with E-state index >= 15 is 0 Å². The van der Waals surface area contributed by atoms with Crippen LogP contribution in [0.2, 0.25) is 0 Å². The minimum absolute atomic E-state index is 0.0189. The van der Waals surface area contributed by atoms with E-state index in [-0.39, 0.29) is 18.6 Å². The van der Waals surface area contributed by atoms with Crippen molar-refractivity contribution >= 4 is 16.9 Å². The number of hydrogen-bond acceptors (Lipinski definition) is 3. The van der Waals surface area contributed by atoms with E-state index in [2.05, 4.69) is 0 Å². The third-order valence-corrected chi connectivity index (χ3v) is 3.74. The standard InChI is InChI=1S/C15H17NO3/c1-10-4-5-11-8-14(19-13(11)7-10)15(18)16-6-2-3-12(16)9-17/h4-5,7-8,12,17H,2-3,6,9H2,1H3. The zero-order valence-electron chi connectivity index (χ0n) is 10.9. The fourth-order valence-electron chi connectivity index (χ4n) is 2.68. The molecule has 0 spiro atoms. The van der Waals surface area contributed by atoms with Gasteiger partial charge in [0.1, 0.15) is 5.58 Å². The van der Waals surface area contributed by atoms with Gasteiger partial charge in [-0.1, -0.05) is 12.1 Å². The zero-order chi connectivity index (χ0) is 13.4. The molecule has 1 N–H and O–H groups in total. The number of nitrogens with zero attached hydrogens (tertiary/aromatic N) is 1. The smallest absolute Gasteiger partial charge is 0.289 e. The normalized spacial score (nSPS) is 19.3. The number of amides is 1. The molecule has 0 bridgehead atoms. The molecule has 1 aromatic carbocycles. The van der Waals surface area contributed by atoms with Crippen LogP contribution in [0, 0.1) is 6.92 Å². The molecule has 3 rings (SSSR count). The lowest BCUT2D eigenvalue weighted by Crippen LogP contribution is -2.37. The first-order chi connectivity index (χ1) is 9.19. The second-order valence-corrected chi connectivity index (χ2v) is 5.13. The highest BCUT2D eigenvalue weighted by Crippen LogP contribution is 2.25. The van der Waals surface area contributed by atoms with Gasteiger partial charge in [0.15, 0.2) is 5.76 Å². The van der Waals surface area contributed by atoms with Crippen molar-refractivity contribution in [3.8, 4) is 0 Å². The van der Waals surface area contributed by atoms with Crippen molar-refractivity contribution in [1.82, 2.24) is 4.90 Å². The third kappa shape index (κ3) is 2.12. The summed E-state index contributed by atoms with van der Waals surface area (Å²) in [6, 6.07) is 7.60. The number of aliphatic hydroxyl groups excluding tert-OH is 1. The SMILES string of the molecule is Cc1ccc2cc(C(=O)N3CCCC3CO)oc2c1. The molecule has 1 aromatic heterocycles. The van der Waals surface area contributed by atoms with Gasteiger partial charge in [0.25, 0.3) is 5.91 Å². The van der Waals surface area contributed by atoms with Gasteiger partial charge in [0.05, 0.1) is 12.6 Å². The first-order valence-corrected chi connectivity index (χ1v) is 6.61. The van der Waals surface area contributed by atoms with Crippen LogP contribution in [-0.2, 0) is 0 Å². The minimum Gasteiger partial charge on any atom is -0.451 e. The van der Waals surface area contributed by atoms with Gasteiger partial charge < -0.3 is 14.4 Å². The summed E-state index contributed by atoms with van der Waals surface area (Å²) in [4.78, 5) is 14.1. The van der Waals surface area contributed by atoms with Crippen molar-refractivity contribution in [1.29, 1.82) is 0 Å². The second kappa shape index (κ2) is 4.70. The minimum atomic E-state index is -0.120. The Morgan fingerprint density at radius 2 is 2.32 bits per heavy atom. The molecule has 4 nitrogen and oxygen atoms in total. The van der Waals surface area contributed by atoms with Gasteiger partial charge in [-0.3, -0.25) is 4.79 Å². The molecule has 100 valence electrons. The first kappa shape index (κ1) is 12.2. The average molecular weight is 259 g/mol. The molecule has 1 fully saturated rings. The number of hydrogen-bond donors (Lipinski definition) is 1. The average Bonchev–Trinajstić information content (AvgIpc) is 3.03. The van der Waals surface area contributed by atoms with Crippen LogP contribution in [0.1, 0.15) is 29.0 Å². The van der Waals surface area contributed by atoms with E-state index in [0.717, 1.165) is 29.4 Å². The van der Waals surface area contributed by atoms with Crippen molar-refractivity contribution in [3.05, 3.63) is 35.6 Å². The van der Waals surface area contributed by atoms with E-state index in [1.54, 1.807) is 11.0 Å². The van der Waals surface area contributed by atoms with Gasteiger partial charge in [-0.2, -0.15) is 0 Å². The molecule has 0 radical (unpaired) electrons. The van der Waals surface area contributed by atoms with E-state index < -0.39 is 0 Å². The lowest BCUT2D eigenvalue weighted by molar-refractivity contribution is 0.0648. The number of likely N-dealkylation sites (tertiary alicyclic amines) is 1. The number of carbonyl (C=O) groups excluding carboxylic acids is 1. The maximum atomic E-state index is 12.4. The summed E-state index contributed by atoms with van der Waals surface area (Å²) in [6.45, 7) is 2.71. The zero-order valence-corrected chi connectivity index (χ0v) is 10.9.